The molecule has 0 saturated carbocycles. The Morgan fingerprint density at radius 1 is 1.24 bits per heavy atom. The number of quaternary nitrogens is 1. The van der Waals surface area contributed by atoms with Gasteiger partial charge in [0.25, 0.3) is 0 Å². The maximum Gasteiger partial charge on any atom is 0.202 e. The quantitative estimate of drug-likeness (QED) is 0.875. The van der Waals surface area contributed by atoms with E-state index in [-0.39, 0.29) is 5.82 Å². The van der Waals surface area contributed by atoms with E-state index in [0.29, 0.717) is 16.2 Å². The molecule has 0 amide bonds. The van der Waals surface area contributed by atoms with Crippen molar-refractivity contribution in [2.75, 3.05) is 13.1 Å². The number of nitrogens with zero attached hydrogens (tertiary/aromatic N) is 3. The van der Waals surface area contributed by atoms with Gasteiger partial charge in [0.2, 0.25) is 4.77 Å². The number of halogens is 1. The third-order valence-electron chi connectivity index (χ3n) is 4.09. The van der Waals surface area contributed by atoms with Crippen molar-refractivity contribution >= 4 is 12.2 Å². The summed E-state index contributed by atoms with van der Waals surface area (Å²) in [5.74, 6) is 0.326. The number of rotatable bonds is 3. The molecular weight excluding hydrogens is 287 g/mol. The summed E-state index contributed by atoms with van der Waals surface area (Å²) in [4.78, 5) is 1.50. The summed E-state index contributed by atoms with van der Waals surface area (Å²) in [6.07, 6.45) is 3.84. The Hall–Kier alpha value is -1.53. The highest BCUT2D eigenvalue weighted by Gasteiger charge is 2.18. The molecule has 0 unspecified atom stereocenters. The van der Waals surface area contributed by atoms with E-state index < -0.39 is 0 Å². The molecule has 4 nitrogen and oxygen atoms in total. The molecule has 0 bridgehead atoms. The number of aromatic nitrogens is 3. The lowest BCUT2D eigenvalue weighted by Crippen LogP contribution is -3.12. The summed E-state index contributed by atoms with van der Waals surface area (Å²) in [5.41, 5.74) is 0.499. The normalized spacial score (nSPS) is 16.3. The van der Waals surface area contributed by atoms with Gasteiger partial charge in [0.1, 0.15) is 5.82 Å². The predicted octanol–water partition coefficient (Wildman–Crippen LogP) is 1.78. The van der Waals surface area contributed by atoms with Crippen LogP contribution in [0.3, 0.4) is 0 Å². The fourth-order valence-corrected chi connectivity index (χ4v) is 3.08. The van der Waals surface area contributed by atoms with Crippen LogP contribution in [0.4, 0.5) is 4.39 Å². The van der Waals surface area contributed by atoms with Crippen LogP contribution in [0.15, 0.2) is 24.3 Å². The van der Waals surface area contributed by atoms with Gasteiger partial charge in [-0.15, -0.1) is 5.10 Å². The highest BCUT2D eigenvalue weighted by molar-refractivity contribution is 7.71. The molecule has 1 saturated heterocycles. The van der Waals surface area contributed by atoms with Crippen LogP contribution in [0, 0.1) is 10.6 Å². The van der Waals surface area contributed by atoms with Crippen LogP contribution in [-0.2, 0) is 13.7 Å². The number of hydrogen-bond donors (Lipinski definition) is 1. The number of benzene rings is 1. The molecule has 1 aliphatic rings. The summed E-state index contributed by atoms with van der Waals surface area (Å²) < 4.78 is 18.2. The topological polar surface area (TPSA) is 27.2 Å². The zero-order chi connectivity index (χ0) is 14.8. The molecule has 2 heterocycles. The van der Waals surface area contributed by atoms with Gasteiger partial charge >= 0.3 is 0 Å². The molecule has 3 rings (SSSR count). The first-order chi connectivity index (χ1) is 10.2. The molecule has 1 aliphatic heterocycles. The van der Waals surface area contributed by atoms with E-state index in [1.807, 2.05) is 17.8 Å². The molecular formula is C15H20FN4S+. The SMILES string of the molecule is Cn1c(-c2ccccc2F)nn(C[NH+]2CCCCC2)c1=S. The summed E-state index contributed by atoms with van der Waals surface area (Å²) in [6, 6.07) is 6.69. The van der Waals surface area contributed by atoms with Crippen molar-refractivity contribution in [1.29, 1.82) is 0 Å². The largest absolute Gasteiger partial charge is 0.316 e. The van der Waals surface area contributed by atoms with Crippen LogP contribution in [-0.4, -0.2) is 27.4 Å². The zero-order valence-electron chi connectivity index (χ0n) is 12.2. The van der Waals surface area contributed by atoms with Gasteiger partial charge in [-0.25, -0.2) is 4.39 Å². The van der Waals surface area contributed by atoms with E-state index in [1.165, 1.54) is 30.2 Å². The Kier molecular flexibility index (Phi) is 4.17. The van der Waals surface area contributed by atoms with Crippen LogP contribution < -0.4 is 4.90 Å². The molecule has 0 radical (unpaired) electrons. The number of piperidine rings is 1. The number of hydrogen-bond acceptors (Lipinski definition) is 2. The number of likely N-dealkylation sites (tertiary alicyclic amines) is 1. The zero-order valence-corrected chi connectivity index (χ0v) is 13.0. The van der Waals surface area contributed by atoms with Crippen molar-refractivity contribution < 1.29 is 9.29 Å². The van der Waals surface area contributed by atoms with Crippen LogP contribution >= 0.6 is 12.2 Å². The first kappa shape index (κ1) is 14.4. The standard InChI is InChI=1S/C15H19FN4S/c1-18-14(12-7-3-4-8-13(12)16)17-20(15(18)21)11-19-9-5-2-6-10-19/h3-4,7-8H,2,5-6,9-11H2,1H3/p+1. The molecule has 0 spiro atoms. The lowest BCUT2D eigenvalue weighted by Gasteiger charge is -2.22. The fourth-order valence-electron chi connectivity index (χ4n) is 2.89. The van der Waals surface area contributed by atoms with Crippen molar-refractivity contribution in [3.8, 4) is 11.4 Å². The van der Waals surface area contributed by atoms with Crippen LogP contribution in [0.5, 0.6) is 0 Å². The molecule has 0 aliphatic carbocycles. The predicted molar refractivity (Wildman–Crippen MR) is 82.0 cm³/mol. The third kappa shape index (κ3) is 2.91. The lowest BCUT2D eigenvalue weighted by atomic mass is 10.1. The smallest absolute Gasteiger partial charge is 0.202 e. The van der Waals surface area contributed by atoms with Crippen LogP contribution in [0.25, 0.3) is 11.4 Å². The maximum atomic E-state index is 14.0. The van der Waals surface area contributed by atoms with E-state index in [4.69, 9.17) is 12.2 Å². The fraction of sp³-hybridized carbons (Fsp3) is 0.467. The van der Waals surface area contributed by atoms with E-state index in [1.54, 1.807) is 16.7 Å². The molecule has 1 N–H and O–H groups in total. The van der Waals surface area contributed by atoms with Crippen LogP contribution in [0.2, 0.25) is 0 Å². The Balaban J connectivity index is 1.92. The van der Waals surface area contributed by atoms with Crippen molar-refractivity contribution in [2.45, 2.75) is 25.9 Å². The minimum absolute atomic E-state index is 0.266. The Labute approximate surface area is 128 Å². The molecule has 6 heteroatoms. The average molecular weight is 307 g/mol. The van der Waals surface area contributed by atoms with Gasteiger partial charge in [-0.05, 0) is 43.6 Å². The second kappa shape index (κ2) is 6.07. The Morgan fingerprint density at radius 2 is 1.95 bits per heavy atom. The van der Waals surface area contributed by atoms with E-state index >= 15 is 0 Å². The van der Waals surface area contributed by atoms with Gasteiger partial charge in [-0.1, -0.05) is 12.1 Å². The van der Waals surface area contributed by atoms with E-state index in [9.17, 15) is 4.39 Å². The highest BCUT2D eigenvalue weighted by Crippen LogP contribution is 2.20. The van der Waals surface area contributed by atoms with Gasteiger partial charge in [-0.2, -0.15) is 4.68 Å². The minimum Gasteiger partial charge on any atom is -0.316 e. The highest BCUT2D eigenvalue weighted by atomic mass is 32.1. The third-order valence-corrected chi connectivity index (χ3v) is 4.57. The summed E-state index contributed by atoms with van der Waals surface area (Å²) >= 11 is 5.45. The molecule has 0 atom stereocenters. The summed E-state index contributed by atoms with van der Waals surface area (Å²) in [6.45, 7) is 3.09. The Bertz CT molecular complexity index is 685. The minimum atomic E-state index is -0.266. The lowest BCUT2D eigenvalue weighted by molar-refractivity contribution is -0.928. The molecule has 1 aromatic carbocycles. The van der Waals surface area contributed by atoms with E-state index in [2.05, 4.69) is 5.10 Å². The molecule has 112 valence electrons. The second-order valence-electron chi connectivity index (χ2n) is 5.61. The van der Waals surface area contributed by atoms with Crippen LogP contribution in [0.1, 0.15) is 19.3 Å². The molecule has 1 fully saturated rings. The van der Waals surface area contributed by atoms with Crippen molar-refractivity contribution in [2.24, 2.45) is 7.05 Å². The van der Waals surface area contributed by atoms with Crippen molar-refractivity contribution in [3.63, 3.8) is 0 Å². The van der Waals surface area contributed by atoms with Crippen molar-refractivity contribution in [3.05, 3.63) is 34.9 Å². The van der Waals surface area contributed by atoms with Gasteiger partial charge in [0, 0.05) is 7.05 Å². The first-order valence-corrected chi connectivity index (χ1v) is 7.80. The van der Waals surface area contributed by atoms with Gasteiger partial charge in [-0.3, -0.25) is 0 Å². The van der Waals surface area contributed by atoms with Gasteiger partial charge in [0.05, 0.1) is 18.7 Å². The molecule has 21 heavy (non-hydrogen) atoms. The maximum absolute atomic E-state index is 14.0. The van der Waals surface area contributed by atoms with Crippen molar-refractivity contribution in [1.82, 2.24) is 14.3 Å². The number of nitrogens with one attached hydrogen (secondary N) is 1. The molecule has 1 aromatic heterocycles. The van der Waals surface area contributed by atoms with Gasteiger partial charge < -0.3 is 9.47 Å². The first-order valence-electron chi connectivity index (χ1n) is 7.39. The molecule has 2 aromatic rings. The van der Waals surface area contributed by atoms with Gasteiger partial charge in [0.15, 0.2) is 12.5 Å². The summed E-state index contributed by atoms with van der Waals surface area (Å²) in [5, 5.41) is 4.55. The van der Waals surface area contributed by atoms with E-state index in [0.717, 1.165) is 19.8 Å². The Morgan fingerprint density at radius 3 is 2.67 bits per heavy atom. The monoisotopic (exact) mass is 307 g/mol. The summed E-state index contributed by atoms with van der Waals surface area (Å²) in [7, 11) is 1.85. The second-order valence-corrected chi connectivity index (χ2v) is 5.98. The average Bonchev–Trinajstić information content (AvgIpc) is 2.77.